The largest absolute Gasteiger partial charge is 0.388 e. The van der Waals surface area contributed by atoms with E-state index in [9.17, 15) is 5.11 Å². The van der Waals surface area contributed by atoms with Gasteiger partial charge in [0.25, 0.3) is 0 Å². The summed E-state index contributed by atoms with van der Waals surface area (Å²) in [7, 11) is 0. The average Bonchev–Trinajstić information content (AvgIpc) is 2.40. The molecule has 14 heavy (non-hydrogen) atoms. The Labute approximate surface area is 87.3 Å². The van der Waals surface area contributed by atoms with Crippen LogP contribution in [0.2, 0.25) is 0 Å². The van der Waals surface area contributed by atoms with Crippen LogP contribution in [0.5, 0.6) is 0 Å². The van der Waals surface area contributed by atoms with Crippen molar-refractivity contribution in [1.82, 2.24) is 4.90 Å². The molecule has 2 unspecified atom stereocenters. The molecule has 2 atom stereocenters. The molecule has 0 radical (unpaired) electrons. The Morgan fingerprint density at radius 2 is 2.14 bits per heavy atom. The summed E-state index contributed by atoms with van der Waals surface area (Å²) < 4.78 is 0. The average molecular weight is 197 g/mol. The lowest BCUT2D eigenvalue weighted by Crippen LogP contribution is -2.54. The second-order valence-electron chi connectivity index (χ2n) is 5.37. The van der Waals surface area contributed by atoms with Gasteiger partial charge in [-0.25, -0.2) is 0 Å². The number of rotatable bonds is 3. The van der Waals surface area contributed by atoms with Crippen LogP contribution in [0.25, 0.3) is 0 Å². The highest BCUT2D eigenvalue weighted by Crippen LogP contribution is 2.37. The van der Waals surface area contributed by atoms with E-state index in [1.165, 1.54) is 32.4 Å². The Bertz CT molecular complexity index is 200. The molecule has 0 bridgehead atoms. The van der Waals surface area contributed by atoms with Crippen molar-refractivity contribution < 1.29 is 5.11 Å². The summed E-state index contributed by atoms with van der Waals surface area (Å²) in [5, 5.41) is 10.4. The molecule has 0 aromatic rings. The first kappa shape index (κ1) is 10.4. The SMILES string of the molecule is CCC1CN(CC2(O)CCCC2C)C1. The number of β-amino-alcohol motifs (C(OH)–C–C–N with tert-alkyl or cyclic N) is 1. The van der Waals surface area contributed by atoms with E-state index in [1.54, 1.807) is 0 Å². The van der Waals surface area contributed by atoms with Crippen LogP contribution >= 0.6 is 0 Å². The summed E-state index contributed by atoms with van der Waals surface area (Å²) in [5.41, 5.74) is -0.362. The van der Waals surface area contributed by atoms with Gasteiger partial charge in [-0.3, -0.25) is 4.90 Å². The monoisotopic (exact) mass is 197 g/mol. The predicted octanol–water partition coefficient (Wildman–Crippen LogP) is 1.88. The fourth-order valence-corrected chi connectivity index (χ4v) is 2.92. The molecule has 2 heteroatoms. The third-order valence-corrected chi connectivity index (χ3v) is 4.27. The number of aliphatic hydroxyl groups is 1. The van der Waals surface area contributed by atoms with Crippen molar-refractivity contribution in [3.05, 3.63) is 0 Å². The Kier molecular flexibility index (Phi) is 2.85. The summed E-state index contributed by atoms with van der Waals surface area (Å²) in [6.45, 7) is 7.81. The highest BCUT2D eigenvalue weighted by Gasteiger charge is 2.41. The first-order valence-corrected chi connectivity index (χ1v) is 6.09. The number of nitrogens with zero attached hydrogens (tertiary/aromatic N) is 1. The Balaban J connectivity index is 1.80. The van der Waals surface area contributed by atoms with Crippen LogP contribution in [-0.2, 0) is 0 Å². The minimum atomic E-state index is -0.362. The van der Waals surface area contributed by atoms with E-state index < -0.39 is 0 Å². The van der Waals surface area contributed by atoms with Crippen LogP contribution < -0.4 is 0 Å². The molecule has 2 aliphatic rings. The molecule has 2 fully saturated rings. The van der Waals surface area contributed by atoms with E-state index >= 15 is 0 Å². The van der Waals surface area contributed by atoms with E-state index in [0.717, 1.165) is 18.9 Å². The third-order valence-electron chi connectivity index (χ3n) is 4.27. The maximum absolute atomic E-state index is 10.4. The molecule has 1 saturated carbocycles. The van der Waals surface area contributed by atoms with Gasteiger partial charge in [0.05, 0.1) is 5.60 Å². The second-order valence-corrected chi connectivity index (χ2v) is 5.37. The van der Waals surface area contributed by atoms with Crippen molar-refractivity contribution in [2.45, 2.75) is 45.1 Å². The first-order chi connectivity index (χ1) is 6.64. The van der Waals surface area contributed by atoms with Crippen molar-refractivity contribution >= 4 is 0 Å². The molecule has 1 heterocycles. The normalized spacial score (nSPS) is 40.1. The highest BCUT2D eigenvalue weighted by atomic mass is 16.3. The summed E-state index contributed by atoms with van der Waals surface area (Å²) >= 11 is 0. The van der Waals surface area contributed by atoms with Gasteiger partial charge in [-0.2, -0.15) is 0 Å². The van der Waals surface area contributed by atoms with E-state index in [1.807, 2.05) is 0 Å². The van der Waals surface area contributed by atoms with E-state index in [4.69, 9.17) is 0 Å². The molecule has 2 rings (SSSR count). The summed E-state index contributed by atoms with van der Waals surface area (Å²) in [6.07, 6.45) is 4.73. The Morgan fingerprint density at radius 3 is 2.64 bits per heavy atom. The van der Waals surface area contributed by atoms with Gasteiger partial charge in [-0.05, 0) is 24.7 Å². The summed E-state index contributed by atoms with van der Waals surface area (Å²) in [4.78, 5) is 2.43. The van der Waals surface area contributed by atoms with Crippen molar-refractivity contribution in [3.63, 3.8) is 0 Å². The summed E-state index contributed by atoms with van der Waals surface area (Å²) in [5.74, 6) is 1.40. The smallest absolute Gasteiger partial charge is 0.0799 e. The van der Waals surface area contributed by atoms with Crippen molar-refractivity contribution in [2.24, 2.45) is 11.8 Å². The molecular weight excluding hydrogens is 174 g/mol. The molecule has 1 aliphatic heterocycles. The van der Waals surface area contributed by atoms with Gasteiger partial charge in [0.1, 0.15) is 0 Å². The first-order valence-electron chi connectivity index (χ1n) is 6.09. The predicted molar refractivity (Wildman–Crippen MR) is 58.2 cm³/mol. The van der Waals surface area contributed by atoms with Gasteiger partial charge >= 0.3 is 0 Å². The van der Waals surface area contributed by atoms with Gasteiger partial charge in [0.15, 0.2) is 0 Å². The van der Waals surface area contributed by atoms with Crippen molar-refractivity contribution in [3.8, 4) is 0 Å². The molecule has 1 N–H and O–H groups in total. The number of hydrogen-bond acceptors (Lipinski definition) is 2. The second kappa shape index (κ2) is 3.82. The standard InChI is InChI=1S/C12H23NO/c1-3-11-7-13(8-11)9-12(14)6-4-5-10(12)2/h10-11,14H,3-9H2,1-2H3. The fraction of sp³-hybridized carbons (Fsp3) is 1.00. The van der Waals surface area contributed by atoms with Crippen LogP contribution in [0.4, 0.5) is 0 Å². The maximum Gasteiger partial charge on any atom is 0.0799 e. The number of hydrogen-bond donors (Lipinski definition) is 1. The Hall–Kier alpha value is -0.0800. The molecule has 0 aromatic heterocycles. The summed E-state index contributed by atoms with van der Waals surface area (Å²) in [6, 6.07) is 0. The highest BCUT2D eigenvalue weighted by molar-refractivity contribution is 4.95. The molecule has 2 nitrogen and oxygen atoms in total. The van der Waals surface area contributed by atoms with Crippen LogP contribution in [0.15, 0.2) is 0 Å². The maximum atomic E-state index is 10.4. The van der Waals surface area contributed by atoms with Gasteiger partial charge in [-0.1, -0.05) is 26.7 Å². The van der Waals surface area contributed by atoms with E-state index in [0.29, 0.717) is 5.92 Å². The zero-order chi connectivity index (χ0) is 10.2. The molecule has 1 aliphatic carbocycles. The Morgan fingerprint density at radius 1 is 1.43 bits per heavy atom. The van der Waals surface area contributed by atoms with Gasteiger partial charge < -0.3 is 5.11 Å². The zero-order valence-corrected chi connectivity index (χ0v) is 9.50. The quantitative estimate of drug-likeness (QED) is 0.746. The molecular formula is C12H23NO. The lowest BCUT2D eigenvalue weighted by molar-refractivity contribution is -0.0513. The molecule has 0 aromatic carbocycles. The van der Waals surface area contributed by atoms with Crippen LogP contribution in [0, 0.1) is 11.8 Å². The third kappa shape index (κ3) is 1.82. The topological polar surface area (TPSA) is 23.5 Å². The van der Waals surface area contributed by atoms with Crippen molar-refractivity contribution in [1.29, 1.82) is 0 Å². The van der Waals surface area contributed by atoms with Gasteiger partial charge in [0, 0.05) is 19.6 Å². The zero-order valence-electron chi connectivity index (χ0n) is 9.50. The number of likely N-dealkylation sites (tertiary alicyclic amines) is 1. The minimum absolute atomic E-state index is 0.362. The van der Waals surface area contributed by atoms with Crippen molar-refractivity contribution in [2.75, 3.05) is 19.6 Å². The molecule has 1 saturated heterocycles. The van der Waals surface area contributed by atoms with E-state index in [2.05, 4.69) is 18.7 Å². The lowest BCUT2D eigenvalue weighted by Gasteiger charge is -2.43. The van der Waals surface area contributed by atoms with Crippen LogP contribution in [0.3, 0.4) is 0 Å². The fourth-order valence-electron chi connectivity index (χ4n) is 2.92. The van der Waals surface area contributed by atoms with Gasteiger partial charge in [0.2, 0.25) is 0 Å². The molecule has 82 valence electrons. The molecule has 0 amide bonds. The minimum Gasteiger partial charge on any atom is -0.388 e. The lowest BCUT2D eigenvalue weighted by atomic mass is 9.88. The van der Waals surface area contributed by atoms with Crippen LogP contribution in [0.1, 0.15) is 39.5 Å². The van der Waals surface area contributed by atoms with E-state index in [-0.39, 0.29) is 5.60 Å². The van der Waals surface area contributed by atoms with Crippen LogP contribution in [-0.4, -0.2) is 35.2 Å². The van der Waals surface area contributed by atoms with Gasteiger partial charge in [-0.15, -0.1) is 0 Å². The molecule has 0 spiro atoms.